The van der Waals surface area contributed by atoms with Crippen molar-refractivity contribution in [2.45, 2.75) is 11.2 Å². The van der Waals surface area contributed by atoms with Gasteiger partial charge in [0.2, 0.25) is 0 Å². The molecule has 0 radical (unpaired) electrons. The molecule has 1 N–H and O–H groups in total. The van der Waals surface area contributed by atoms with Crippen molar-refractivity contribution in [2.75, 3.05) is 19.4 Å². The number of hydrogen-bond acceptors (Lipinski definition) is 5. The molecule has 0 fully saturated rings. The molecule has 1 aliphatic heterocycles. The molecule has 1 aromatic heterocycles. The maximum Gasteiger partial charge on any atom is 0.287 e. The zero-order chi connectivity index (χ0) is 14.7. The number of fused-ring (bicyclic) bond motifs is 1. The summed E-state index contributed by atoms with van der Waals surface area (Å²) in [5.74, 6) is 1.48. The lowest BCUT2D eigenvalue weighted by Crippen LogP contribution is -2.40. The molecule has 1 aliphatic rings. The summed E-state index contributed by atoms with van der Waals surface area (Å²) in [6.07, 6.45) is 1.68. The summed E-state index contributed by atoms with van der Waals surface area (Å²) in [6.45, 7) is 0.772. The molecule has 21 heavy (non-hydrogen) atoms. The SMILES string of the molecule is CSc1ccc(C(=O)NCC2COc3ccccc3O2)o1. The van der Waals surface area contributed by atoms with E-state index in [2.05, 4.69) is 5.32 Å². The highest BCUT2D eigenvalue weighted by Gasteiger charge is 2.21. The molecular weight excluding hydrogens is 290 g/mol. The maximum atomic E-state index is 12.0. The fourth-order valence-corrected chi connectivity index (χ4v) is 2.39. The van der Waals surface area contributed by atoms with E-state index in [4.69, 9.17) is 13.9 Å². The monoisotopic (exact) mass is 305 g/mol. The van der Waals surface area contributed by atoms with Gasteiger partial charge in [-0.15, -0.1) is 0 Å². The van der Waals surface area contributed by atoms with Crippen LogP contribution in [0.2, 0.25) is 0 Å². The third-order valence-corrected chi connectivity index (χ3v) is 3.69. The summed E-state index contributed by atoms with van der Waals surface area (Å²) in [6, 6.07) is 10.9. The Kier molecular flexibility index (Phi) is 4.06. The van der Waals surface area contributed by atoms with Crippen LogP contribution in [0.4, 0.5) is 0 Å². The number of thioether (sulfide) groups is 1. The molecule has 2 aromatic rings. The molecule has 1 aromatic carbocycles. The normalized spacial score (nSPS) is 16.5. The standard InChI is InChI=1S/C15H15NO4S/c1-21-14-7-6-13(20-14)15(17)16-8-10-9-18-11-4-2-3-5-12(11)19-10/h2-7,10H,8-9H2,1H3,(H,16,17). The van der Waals surface area contributed by atoms with Crippen molar-refractivity contribution in [2.24, 2.45) is 0 Å². The Morgan fingerprint density at radius 3 is 2.86 bits per heavy atom. The van der Waals surface area contributed by atoms with Gasteiger partial charge in [-0.05, 0) is 30.5 Å². The lowest BCUT2D eigenvalue weighted by atomic mass is 10.2. The molecular formula is C15H15NO4S. The summed E-state index contributed by atoms with van der Waals surface area (Å²) in [5.41, 5.74) is 0. The van der Waals surface area contributed by atoms with E-state index in [0.29, 0.717) is 29.8 Å². The highest BCUT2D eigenvalue weighted by atomic mass is 32.2. The molecule has 1 atom stereocenters. The predicted octanol–water partition coefficient (Wildman–Crippen LogP) is 2.57. The molecule has 3 rings (SSSR count). The van der Waals surface area contributed by atoms with Crippen molar-refractivity contribution >= 4 is 17.7 Å². The lowest BCUT2D eigenvalue weighted by molar-refractivity contribution is 0.0770. The number of hydrogen-bond donors (Lipinski definition) is 1. The Morgan fingerprint density at radius 1 is 1.29 bits per heavy atom. The van der Waals surface area contributed by atoms with Crippen molar-refractivity contribution < 1.29 is 18.7 Å². The van der Waals surface area contributed by atoms with Gasteiger partial charge < -0.3 is 19.2 Å². The Morgan fingerprint density at radius 2 is 2.10 bits per heavy atom. The van der Waals surface area contributed by atoms with Crippen LogP contribution in [-0.2, 0) is 0 Å². The van der Waals surface area contributed by atoms with E-state index in [1.54, 1.807) is 12.1 Å². The molecule has 110 valence electrons. The van der Waals surface area contributed by atoms with Crippen LogP contribution in [0.25, 0.3) is 0 Å². The molecule has 1 amide bonds. The Bertz CT molecular complexity index is 640. The molecule has 5 nitrogen and oxygen atoms in total. The van der Waals surface area contributed by atoms with E-state index in [1.165, 1.54) is 11.8 Å². The molecule has 0 bridgehead atoms. The van der Waals surface area contributed by atoms with Crippen molar-refractivity contribution in [1.29, 1.82) is 0 Å². The first-order valence-electron chi connectivity index (χ1n) is 6.57. The van der Waals surface area contributed by atoms with Crippen molar-refractivity contribution in [3.8, 4) is 11.5 Å². The van der Waals surface area contributed by atoms with E-state index < -0.39 is 0 Å². The van der Waals surface area contributed by atoms with Gasteiger partial charge in [-0.3, -0.25) is 4.79 Å². The quantitative estimate of drug-likeness (QED) is 0.880. The van der Waals surface area contributed by atoms with Crippen LogP contribution in [0.5, 0.6) is 11.5 Å². The van der Waals surface area contributed by atoms with Crippen LogP contribution >= 0.6 is 11.8 Å². The van der Waals surface area contributed by atoms with Gasteiger partial charge in [-0.25, -0.2) is 0 Å². The minimum atomic E-state index is -0.252. The first kappa shape index (κ1) is 13.9. The van der Waals surface area contributed by atoms with Crippen LogP contribution < -0.4 is 14.8 Å². The number of amides is 1. The largest absolute Gasteiger partial charge is 0.486 e. The van der Waals surface area contributed by atoms with Gasteiger partial charge in [-0.2, -0.15) is 0 Å². The van der Waals surface area contributed by atoms with Gasteiger partial charge in [0.15, 0.2) is 22.4 Å². The number of carbonyl (C=O) groups excluding carboxylic acids is 1. The third kappa shape index (κ3) is 3.16. The summed E-state index contributed by atoms with van der Waals surface area (Å²) in [7, 11) is 0. The van der Waals surface area contributed by atoms with Crippen molar-refractivity contribution in [3.05, 3.63) is 42.2 Å². The third-order valence-electron chi connectivity index (χ3n) is 3.06. The number of benzene rings is 1. The van der Waals surface area contributed by atoms with Gasteiger partial charge in [0.1, 0.15) is 12.7 Å². The number of ether oxygens (including phenoxy) is 2. The van der Waals surface area contributed by atoms with Crippen molar-refractivity contribution in [3.63, 3.8) is 0 Å². The van der Waals surface area contributed by atoms with Crippen LogP contribution in [0, 0.1) is 0 Å². The van der Waals surface area contributed by atoms with Crippen LogP contribution in [0.3, 0.4) is 0 Å². The van der Waals surface area contributed by atoms with Crippen LogP contribution in [-0.4, -0.2) is 31.4 Å². The Hall–Kier alpha value is -2.08. The van der Waals surface area contributed by atoms with Crippen LogP contribution in [0.15, 0.2) is 45.9 Å². The highest BCUT2D eigenvalue weighted by molar-refractivity contribution is 7.98. The minimum Gasteiger partial charge on any atom is -0.486 e. The van der Waals surface area contributed by atoms with E-state index >= 15 is 0 Å². The van der Waals surface area contributed by atoms with E-state index in [9.17, 15) is 4.79 Å². The molecule has 0 spiro atoms. The summed E-state index contributed by atoms with van der Waals surface area (Å²) < 4.78 is 16.7. The minimum absolute atomic E-state index is 0.209. The number of rotatable bonds is 4. The maximum absolute atomic E-state index is 12.0. The summed E-state index contributed by atoms with van der Waals surface area (Å²) >= 11 is 1.45. The summed E-state index contributed by atoms with van der Waals surface area (Å²) in [4.78, 5) is 12.0. The molecule has 0 saturated carbocycles. The van der Waals surface area contributed by atoms with E-state index in [0.717, 1.165) is 5.75 Å². The molecule has 1 unspecified atom stereocenters. The number of carbonyl (C=O) groups is 1. The number of furan rings is 1. The zero-order valence-electron chi connectivity index (χ0n) is 11.5. The van der Waals surface area contributed by atoms with Gasteiger partial charge in [0.25, 0.3) is 5.91 Å². The zero-order valence-corrected chi connectivity index (χ0v) is 12.3. The summed E-state index contributed by atoms with van der Waals surface area (Å²) in [5, 5.41) is 3.50. The number of nitrogens with one attached hydrogen (secondary N) is 1. The average molecular weight is 305 g/mol. The molecule has 6 heteroatoms. The van der Waals surface area contributed by atoms with Gasteiger partial charge in [-0.1, -0.05) is 23.9 Å². The van der Waals surface area contributed by atoms with E-state index in [1.807, 2.05) is 30.5 Å². The lowest BCUT2D eigenvalue weighted by Gasteiger charge is -2.26. The molecule has 0 saturated heterocycles. The van der Waals surface area contributed by atoms with Gasteiger partial charge >= 0.3 is 0 Å². The predicted molar refractivity (Wildman–Crippen MR) is 79.2 cm³/mol. The first-order valence-corrected chi connectivity index (χ1v) is 7.79. The second-order valence-electron chi connectivity index (χ2n) is 4.53. The Labute approximate surface area is 126 Å². The molecule has 2 heterocycles. The molecule has 0 aliphatic carbocycles. The average Bonchev–Trinajstić information content (AvgIpc) is 3.01. The smallest absolute Gasteiger partial charge is 0.287 e. The van der Waals surface area contributed by atoms with Crippen LogP contribution in [0.1, 0.15) is 10.6 Å². The van der Waals surface area contributed by atoms with Gasteiger partial charge in [0.05, 0.1) is 6.54 Å². The van der Waals surface area contributed by atoms with Gasteiger partial charge in [0, 0.05) is 0 Å². The topological polar surface area (TPSA) is 60.7 Å². The second-order valence-corrected chi connectivity index (χ2v) is 5.34. The number of para-hydroxylation sites is 2. The first-order chi connectivity index (χ1) is 10.3. The highest BCUT2D eigenvalue weighted by Crippen LogP contribution is 2.30. The fourth-order valence-electron chi connectivity index (χ4n) is 2.01. The van der Waals surface area contributed by atoms with Crippen molar-refractivity contribution in [1.82, 2.24) is 5.32 Å². The second kappa shape index (κ2) is 6.13. The Balaban J connectivity index is 1.55. The fraction of sp³-hybridized carbons (Fsp3) is 0.267. The van der Waals surface area contributed by atoms with E-state index in [-0.39, 0.29) is 12.0 Å².